The summed E-state index contributed by atoms with van der Waals surface area (Å²) in [6.45, 7) is 0. The Balaban J connectivity index is 2.10. The molecule has 3 heteroatoms. The van der Waals surface area contributed by atoms with Gasteiger partial charge < -0.3 is 0 Å². The van der Waals surface area contributed by atoms with E-state index in [2.05, 4.69) is 0 Å². The molecular formula is C15H12ClF2. The molecule has 0 amide bonds. The summed E-state index contributed by atoms with van der Waals surface area (Å²) in [5.41, 5.74) is 0.914. The van der Waals surface area contributed by atoms with Crippen molar-refractivity contribution in [3.05, 3.63) is 76.9 Å². The van der Waals surface area contributed by atoms with E-state index in [1.54, 1.807) is 42.5 Å². The van der Waals surface area contributed by atoms with Crippen LogP contribution in [0.15, 0.2) is 54.6 Å². The molecule has 2 rings (SSSR count). The van der Waals surface area contributed by atoms with Crippen molar-refractivity contribution in [1.82, 2.24) is 0 Å². The third-order valence-corrected chi connectivity index (χ3v) is 3.01. The summed E-state index contributed by atoms with van der Waals surface area (Å²) in [5.74, 6) is 0. The highest BCUT2D eigenvalue weighted by Gasteiger charge is 2.25. The molecule has 0 fully saturated rings. The van der Waals surface area contributed by atoms with E-state index in [1.165, 1.54) is 6.07 Å². The Bertz CT molecular complexity index is 499. The van der Waals surface area contributed by atoms with E-state index < -0.39 is 12.3 Å². The molecule has 93 valence electrons. The molecule has 2 aromatic rings. The minimum Gasteiger partial charge on any atom is -0.239 e. The monoisotopic (exact) mass is 265 g/mol. The van der Waals surface area contributed by atoms with Crippen LogP contribution in [-0.2, 0) is 6.42 Å². The molecule has 0 heterocycles. The first kappa shape index (κ1) is 13.0. The van der Waals surface area contributed by atoms with E-state index in [-0.39, 0.29) is 17.0 Å². The number of hydrogen-bond acceptors (Lipinski definition) is 0. The second kappa shape index (κ2) is 5.96. The van der Waals surface area contributed by atoms with Crippen LogP contribution in [0.2, 0.25) is 5.02 Å². The maximum atomic E-state index is 14.0. The first-order valence-corrected chi connectivity index (χ1v) is 6.00. The molecule has 18 heavy (non-hydrogen) atoms. The van der Waals surface area contributed by atoms with Gasteiger partial charge in [-0.25, -0.2) is 8.78 Å². The standard InChI is InChI=1S/C15H12ClF2/c16-13-9-5-4-8-12(13)15(18)14(17)10-11-6-2-1-3-7-11/h1-9,15H,10H2. The van der Waals surface area contributed by atoms with Gasteiger partial charge in [-0.3, -0.25) is 0 Å². The predicted molar refractivity (Wildman–Crippen MR) is 69.8 cm³/mol. The van der Waals surface area contributed by atoms with Gasteiger partial charge >= 0.3 is 0 Å². The average Bonchev–Trinajstić information content (AvgIpc) is 2.39. The lowest BCUT2D eigenvalue weighted by Gasteiger charge is -2.14. The molecule has 1 atom stereocenters. The quantitative estimate of drug-likeness (QED) is 0.722. The molecule has 0 nitrogen and oxygen atoms in total. The van der Waals surface area contributed by atoms with Crippen LogP contribution in [0.1, 0.15) is 17.3 Å². The third kappa shape index (κ3) is 3.08. The van der Waals surface area contributed by atoms with Crippen LogP contribution in [0.25, 0.3) is 0 Å². The second-order valence-electron chi connectivity index (χ2n) is 3.99. The number of alkyl halides is 1. The first-order chi connectivity index (χ1) is 8.68. The topological polar surface area (TPSA) is 0 Å². The van der Waals surface area contributed by atoms with E-state index in [0.717, 1.165) is 5.56 Å². The Hall–Kier alpha value is -1.41. The maximum Gasteiger partial charge on any atom is 0.187 e. The number of benzene rings is 2. The normalized spacial score (nSPS) is 12.7. The van der Waals surface area contributed by atoms with Crippen LogP contribution in [0.3, 0.4) is 0 Å². The SMILES string of the molecule is F[C](Cc1ccccc1)C(F)c1ccccc1Cl. The molecule has 0 aliphatic heterocycles. The van der Waals surface area contributed by atoms with E-state index >= 15 is 0 Å². The van der Waals surface area contributed by atoms with Crippen molar-refractivity contribution in [2.75, 3.05) is 0 Å². The van der Waals surface area contributed by atoms with E-state index in [1.807, 2.05) is 6.07 Å². The fraction of sp³-hybridized carbons (Fsp3) is 0.133. The summed E-state index contributed by atoms with van der Waals surface area (Å²) in [4.78, 5) is 0. The van der Waals surface area contributed by atoms with Gasteiger partial charge in [0, 0.05) is 17.0 Å². The first-order valence-electron chi connectivity index (χ1n) is 5.62. The molecule has 0 aromatic heterocycles. The lowest BCUT2D eigenvalue weighted by molar-refractivity contribution is 0.259. The molecule has 0 spiro atoms. The predicted octanol–water partition coefficient (Wildman–Crippen LogP) is 5.09. The fourth-order valence-corrected chi connectivity index (χ4v) is 1.96. The van der Waals surface area contributed by atoms with Gasteiger partial charge in [0.1, 0.15) is 0 Å². The zero-order valence-electron chi connectivity index (χ0n) is 9.61. The summed E-state index contributed by atoms with van der Waals surface area (Å²) in [5, 5.41) is 0.244. The van der Waals surface area contributed by atoms with Crippen LogP contribution in [0.4, 0.5) is 8.78 Å². The molecule has 0 saturated carbocycles. The minimum atomic E-state index is -1.78. The van der Waals surface area contributed by atoms with Crippen molar-refractivity contribution in [2.24, 2.45) is 0 Å². The lowest BCUT2D eigenvalue weighted by Crippen LogP contribution is -2.05. The molecule has 2 aromatic carbocycles. The van der Waals surface area contributed by atoms with Crippen molar-refractivity contribution in [3.8, 4) is 0 Å². The van der Waals surface area contributed by atoms with E-state index in [4.69, 9.17) is 11.6 Å². The van der Waals surface area contributed by atoms with E-state index in [9.17, 15) is 8.78 Å². The summed E-state index contributed by atoms with van der Waals surface area (Å²) < 4.78 is 27.8. The summed E-state index contributed by atoms with van der Waals surface area (Å²) in [6, 6.07) is 15.3. The fourth-order valence-electron chi connectivity index (χ4n) is 1.73. The van der Waals surface area contributed by atoms with Crippen LogP contribution < -0.4 is 0 Å². The maximum absolute atomic E-state index is 14.0. The van der Waals surface area contributed by atoms with E-state index in [0.29, 0.717) is 0 Å². The number of rotatable bonds is 4. The van der Waals surface area contributed by atoms with Gasteiger partial charge in [0.2, 0.25) is 0 Å². The van der Waals surface area contributed by atoms with Crippen LogP contribution in [-0.4, -0.2) is 0 Å². The van der Waals surface area contributed by atoms with Gasteiger partial charge in [-0.2, -0.15) is 0 Å². The Morgan fingerprint density at radius 2 is 1.61 bits per heavy atom. The number of halogens is 3. The average molecular weight is 266 g/mol. The third-order valence-electron chi connectivity index (χ3n) is 2.67. The Labute approximate surface area is 110 Å². The van der Waals surface area contributed by atoms with Crippen molar-refractivity contribution in [1.29, 1.82) is 0 Å². The Kier molecular flexibility index (Phi) is 4.32. The molecule has 0 saturated heterocycles. The molecule has 0 aliphatic rings. The molecular weight excluding hydrogens is 254 g/mol. The Morgan fingerprint density at radius 1 is 1.00 bits per heavy atom. The van der Waals surface area contributed by atoms with Crippen LogP contribution in [0, 0.1) is 6.17 Å². The zero-order valence-corrected chi connectivity index (χ0v) is 10.4. The number of hydrogen-bond donors (Lipinski definition) is 0. The lowest BCUT2D eigenvalue weighted by atomic mass is 10.0. The van der Waals surface area contributed by atoms with Gasteiger partial charge in [-0.15, -0.1) is 0 Å². The summed E-state index contributed by atoms with van der Waals surface area (Å²) in [7, 11) is 0. The van der Waals surface area contributed by atoms with Crippen molar-refractivity contribution < 1.29 is 8.78 Å². The summed E-state index contributed by atoms with van der Waals surface area (Å²) >= 11 is 5.85. The minimum absolute atomic E-state index is 0.0345. The van der Waals surface area contributed by atoms with Crippen molar-refractivity contribution in [2.45, 2.75) is 12.6 Å². The smallest absolute Gasteiger partial charge is 0.187 e. The zero-order chi connectivity index (χ0) is 13.0. The van der Waals surface area contributed by atoms with Crippen LogP contribution >= 0.6 is 11.6 Å². The molecule has 0 bridgehead atoms. The molecule has 1 radical (unpaired) electrons. The molecule has 0 aliphatic carbocycles. The summed E-state index contributed by atoms with van der Waals surface area (Å²) in [6.07, 6.45) is -2.54. The highest BCUT2D eigenvalue weighted by molar-refractivity contribution is 6.31. The highest BCUT2D eigenvalue weighted by atomic mass is 35.5. The second-order valence-corrected chi connectivity index (χ2v) is 4.40. The molecule has 1 unspecified atom stereocenters. The largest absolute Gasteiger partial charge is 0.239 e. The van der Waals surface area contributed by atoms with Gasteiger partial charge in [-0.05, 0) is 11.6 Å². The van der Waals surface area contributed by atoms with Gasteiger partial charge in [0.15, 0.2) is 12.3 Å². The van der Waals surface area contributed by atoms with Crippen molar-refractivity contribution >= 4 is 11.6 Å². The van der Waals surface area contributed by atoms with Crippen LogP contribution in [0.5, 0.6) is 0 Å². The van der Waals surface area contributed by atoms with Gasteiger partial charge in [-0.1, -0.05) is 60.1 Å². The Morgan fingerprint density at radius 3 is 2.28 bits per heavy atom. The highest BCUT2D eigenvalue weighted by Crippen LogP contribution is 2.35. The van der Waals surface area contributed by atoms with Gasteiger partial charge in [0.25, 0.3) is 0 Å². The van der Waals surface area contributed by atoms with Gasteiger partial charge in [0.05, 0.1) is 0 Å². The van der Waals surface area contributed by atoms with Crippen molar-refractivity contribution in [3.63, 3.8) is 0 Å². The molecule has 0 N–H and O–H groups in total.